The van der Waals surface area contributed by atoms with Crippen molar-refractivity contribution < 1.29 is 9.21 Å². The largest absolute Gasteiger partial charge is 0.467 e. The number of carbonyl (C=O) groups is 1. The Morgan fingerprint density at radius 3 is 3.00 bits per heavy atom. The normalized spacial score (nSPS) is 11.8. The minimum absolute atomic E-state index is 0.122. The Morgan fingerprint density at radius 1 is 1.67 bits per heavy atom. The molecule has 5 nitrogen and oxygen atoms in total. The first kappa shape index (κ1) is 14.3. The van der Waals surface area contributed by atoms with Gasteiger partial charge < -0.3 is 15.1 Å². The summed E-state index contributed by atoms with van der Waals surface area (Å²) in [6.07, 6.45) is 3.37. The van der Waals surface area contributed by atoms with E-state index in [1.54, 1.807) is 23.3 Å². The lowest BCUT2D eigenvalue weighted by molar-refractivity contribution is -0.133. The van der Waals surface area contributed by atoms with Gasteiger partial charge in [-0.25, -0.2) is 0 Å². The second kappa shape index (κ2) is 7.51. The van der Waals surface area contributed by atoms with Crippen molar-refractivity contribution >= 4 is 5.91 Å². The van der Waals surface area contributed by atoms with Gasteiger partial charge in [0.15, 0.2) is 0 Å². The van der Waals surface area contributed by atoms with Gasteiger partial charge in [0.25, 0.3) is 0 Å². The zero-order chi connectivity index (χ0) is 13.4. The van der Waals surface area contributed by atoms with E-state index in [0.29, 0.717) is 31.7 Å². The van der Waals surface area contributed by atoms with E-state index in [1.165, 1.54) is 0 Å². The molecule has 1 atom stereocenters. The molecule has 1 aromatic heterocycles. The summed E-state index contributed by atoms with van der Waals surface area (Å²) in [6.45, 7) is 2.73. The molecule has 0 radical (unpaired) electrons. The maximum absolute atomic E-state index is 12.1. The first-order chi connectivity index (χ1) is 8.69. The molecule has 1 heterocycles. The molecule has 98 valence electrons. The summed E-state index contributed by atoms with van der Waals surface area (Å²) in [4.78, 5) is 13.7. The lowest BCUT2D eigenvalue weighted by Gasteiger charge is -2.23. The van der Waals surface area contributed by atoms with Crippen molar-refractivity contribution in [3.8, 4) is 6.07 Å². The van der Waals surface area contributed by atoms with Crippen LogP contribution in [0.2, 0.25) is 0 Å². The summed E-state index contributed by atoms with van der Waals surface area (Å²) in [5.41, 5.74) is 5.82. The third kappa shape index (κ3) is 4.22. The fourth-order valence-corrected chi connectivity index (χ4v) is 1.71. The third-order valence-electron chi connectivity index (χ3n) is 2.65. The van der Waals surface area contributed by atoms with E-state index in [1.807, 2.05) is 13.0 Å². The highest BCUT2D eigenvalue weighted by atomic mass is 16.3. The average Bonchev–Trinajstić information content (AvgIpc) is 2.86. The van der Waals surface area contributed by atoms with Crippen LogP contribution in [0.1, 0.15) is 31.9 Å². The number of hydrogen-bond acceptors (Lipinski definition) is 4. The average molecular weight is 249 g/mol. The van der Waals surface area contributed by atoms with E-state index >= 15 is 0 Å². The molecule has 1 amide bonds. The Hall–Kier alpha value is -1.80. The molecule has 0 aliphatic rings. The zero-order valence-electron chi connectivity index (χ0n) is 10.6. The van der Waals surface area contributed by atoms with E-state index < -0.39 is 6.04 Å². The second-order valence-electron chi connectivity index (χ2n) is 4.14. The highest BCUT2D eigenvalue weighted by Crippen LogP contribution is 2.09. The minimum Gasteiger partial charge on any atom is -0.467 e. The lowest BCUT2D eigenvalue weighted by atomic mass is 10.1. The number of carbonyl (C=O) groups excluding carboxylic acids is 1. The number of nitriles is 1. The molecule has 1 aromatic rings. The minimum atomic E-state index is -0.497. The van der Waals surface area contributed by atoms with Gasteiger partial charge in [-0.1, -0.05) is 13.3 Å². The van der Waals surface area contributed by atoms with Gasteiger partial charge in [-0.15, -0.1) is 0 Å². The SMILES string of the molecule is CCCC(N)C(=O)N(CCC#N)Cc1ccco1. The number of nitrogens with zero attached hydrogens (tertiary/aromatic N) is 2. The fourth-order valence-electron chi connectivity index (χ4n) is 1.71. The van der Waals surface area contributed by atoms with Gasteiger partial charge in [0.05, 0.1) is 31.3 Å². The van der Waals surface area contributed by atoms with Gasteiger partial charge in [-0.2, -0.15) is 5.26 Å². The Balaban J connectivity index is 2.65. The number of hydrogen-bond donors (Lipinski definition) is 1. The fraction of sp³-hybridized carbons (Fsp3) is 0.538. The highest BCUT2D eigenvalue weighted by molar-refractivity contribution is 5.81. The number of rotatable bonds is 7. The van der Waals surface area contributed by atoms with E-state index in [2.05, 4.69) is 0 Å². The van der Waals surface area contributed by atoms with Crippen molar-refractivity contribution in [2.75, 3.05) is 6.54 Å². The van der Waals surface area contributed by atoms with Gasteiger partial charge >= 0.3 is 0 Å². The number of nitrogens with two attached hydrogens (primary N) is 1. The molecule has 0 aliphatic heterocycles. The second-order valence-corrected chi connectivity index (χ2v) is 4.14. The van der Waals surface area contributed by atoms with Crippen LogP contribution < -0.4 is 5.73 Å². The van der Waals surface area contributed by atoms with Crippen LogP contribution in [-0.2, 0) is 11.3 Å². The molecule has 0 saturated heterocycles. The van der Waals surface area contributed by atoms with Crippen LogP contribution in [0, 0.1) is 11.3 Å². The quantitative estimate of drug-likeness (QED) is 0.796. The predicted molar refractivity (Wildman–Crippen MR) is 67.2 cm³/mol. The highest BCUT2D eigenvalue weighted by Gasteiger charge is 2.20. The third-order valence-corrected chi connectivity index (χ3v) is 2.65. The zero-order valence-corrected chi connectivity index (χ0v) is 10.6. The van der Waals surface area contributed by atoms with Crippen LogP contribution in [0.15, 0.2) is 22.8 Å². The number of furan rings is 1. The Kier molecular flexibility index (Phi) is 5.95. The summed E-state index contributed by atoms with van der Waals surface area (Å²) in [6, 6.07) is 5.12. The molecule has 0 bridgehead atoms. The molecular formula is C13H19N3O2. The van der Waals surface area contributed by atoms with Gasteiger partial charge in [0, 0.05) is 6.54 Å². The molecule has 0 aromatic carbocycles. The van der Waals surface area contributed by atoms with Crippen LogP contribution in [0.5, 0.6) is 0 Å². The van der Waals surface area contributed by atoms with Crippen LogP contribution in [0.25, 0.3) is 0 Å². The van der Waals surface area contributed by atoms with Crippen LogP contribution in [0.4, 0.5) is 0 Å². The van der Waals surface area contributed by atoms with Gasteiger partial charge in [-0.05, 0) is 18.6 Å². The van der Waals surface area contributed by atoms with Crippen molar-refractivity contribution in [2.24, 2.45) is 5.73 Å². The Morgan fingerprint density at radius 2 is 2.44 bits per heavy atom. The van der Waals surface area contributed by atoms with Crippen molar-refractivity contribution in [3.63, 3.8) is 0 Å². The van der Waals surface area contributed by atoms with Gasteiger partial charge in [0.2, 0.25) is 5.91 Å². The van der Waals surface area contributed by atoms with E-state index in [0.717, 1.165) is 6.42 Å². The molecular weight excluding hydrogens is 230 g/mol. The maximum Gasteiger partial charge on any atom is 0.239 e. The summed E-state index contributed by atoms with van der Waals surface area (Å²) in [5, 5.41) is 8.62. The van der Waals surface area contributed by atoms with Crippen LogP contribution in [0.3, 0.4) is 0 Å². The predicted octanol–water partition coefficient (Wildman–Crippen LogP) is 1.65. The van der Waals surface area contributed by atoms with E-state index in [9.17, 15) is 4.79 Å². The molecule has 2 N–H and O–H groups in total. The Bertz CT molecular complexity index is 395. The maximum atomic E-state index is 12.1. The molecule has 1 rings (SSSR count). The van der Waals surface area contributed by atoms with E-state index in [4.69, 9.17) is 15.4 Å². The molecule has 18 heavy (non-hydrogen) atoms. The monoisotopic (exact) mass is 249 g/mol. The topological polar surface area (TPSA) is 83.3 Å². The van der Waals surface area contributed by atoms with Crippen molar-refractivity contribution in [2.45, 2.75) is 38.8 Å². The van der Waals surface area contributed by atoms with Crippen molar-refractivity contribution in [1.29, 1.82) is 5.26 Å². The summed E-state index contributed by atoms with van der Waals surface area (Å²) >= 11 is 0. The van der Waals surface area contributed by atoms with Crippen LogP contribution >= 0.6 is 0 Å². The molecule has 0 aliphatic carbocycles. The summed E-state index contributed by atoms with van der Waals surface area (Å²) in [5.74, 6) is 0.577. The van der Waals surface area contributed by atoms with E-state index in [-0.39, 0.29) is 5.91 Å². The van der Waals surface area contributed by atoms with Crippen LogP contribution in [-0.4, -0.2) is 23.4 Å². The lowest BCUT2D eigenvalue weighted by Crippen LogP contribution is -2.43. The summed E-state index contributed by atoms with van der Waals surface area (Å²) in [7, 11) is 0. The first-order valence-corrected chi connectivity index (χ1v) is 6.12. The molecule has 0 saturated carbocycles. The van der Waals surface area contributed by atoms with Crippen molar-refractivity contribution in [3.05, 3.63) is 24.2 Å². The van der Waals surface area contributed by atoms with Crippen molar-refractivity contribution in [1.82, 2.24) is 4.90 Å². The molecule has 0 fully saturated rings. The number of amides is 1. The molecule has 1 unspecified atom stereocenters. The summed E-state index contributed by atoms with van der Waals surface area (Å²) < 4.78 is 5.22. The van der Waals surface area contributed by atoms with Gasteiger partial charge in [0.1, 0.15) is 5.76 Å². The Labute approximate surface area is 107 Å². The first-order valence-electron chi connectivity index (χ1n) is 6.12. The molecule has 0 spiro atoms. The molecule has 5 heteroatoms. The smallest absolute Gasteiger partial charge is 0.239 e. The van der Waals surface area contributed by atoms with Gasteiger partial charge in [-0.3, -0.25) is 4.79 Å². The standard InChI is InChI=1S/C13H19N3O2/c1-2-5-12(15)13(17)16(8-4-7-14)10-11-6-3-9-18-11/h3,6,9,12H,2,4-5,8,10,15H2,1H3.